The minimum Gasteiger partial charge on any atom is -0.494 e. The van der Waals surface area contributed by atoms with Crippen molar-refractivity contribution in [3.05, 3.63) is 63.8 Å². The van der Waals surface area contributed by atoms with Crippen molar-refractivity contribution in [2.24, 2.45) is 0 Å². The Morgan fingerprint density at radius 2 is 1.79 bits per heavy atom. The van der Waals surface area contributed by atoms with Crippen LogP contribution in [0.5, 0.6) is 11.5 Å². The Kier molecular flexibility index (Phi) is 4.60. The number of hydrogen-bond acceptors (Lipinski definition) is 4. The van der Waals surface area contributed by atoms with Crippen LogP contribution in [0.15, 0.2) is 42.5 Å². The maximum atomic E-state index is 12.4. The molecule has 0 fully saturated rings. The molecule has 3 aromatic rings. The number of methoxy groups -OCH3 is 1. The van der Waals surface area contributed by atoms with Gasteiger partial charge in [-0.25, -0.2) is 9.78 Å². The zero-order chi connectivity index (χ0) is 17.3. The van der Waals surface area contributed by atoms with Crippen LogP contribution in [-0.2, 0) is 0 Å². The van der Waals surface area contributed by atoms with E-state index < -0.39 is 5.97 Å². The SMILES string of the molecule is COc1c(Cl)cc(C(=O)Oc2cccc3ccc(C)nc23)cc1Cl. The Morgan fingerprint density at radius 3 is 2.46 bits per heavy atom. The summed E-state index contributed by atoms with van der Waals surface area (Å²) >= 11 is 12.1. The van der Waals surface area contributed by atoms with Crippen molar-refractivity contribution >= 4 is 40.1 Å². The van der Waals surface area contributed by atoms with E-state index in [0.717, 1.165) is 11.1 Å². The second kappa shape index (κ2) is 6.67. The van der Waals surface area contributed by atoms with Crippen LogP contribution in [0.4, 0.5) is 0 Å². The van der Waals surface area contributed by atoms with Crippen LogP contribution in [0.2, 0.25) is 10.0 Å². The van der Waals surface area contributed by atoms with Crippen molar-refractivity contribution in [2.45, 2.75) is 6.92 Å². The molecule has 0 aliphatic rings. The number of pyridine rings is 1. The zero-order valence-corrected chi connectivity index (χ0v) is 14.5. The highest BCUT2D eigenvalue weighted by Gasteiger charge is 2.16. The van der Waals surface area contributed by atoms with Gasteiger partial charge in [-0.3, -0.25) is 0 Å². The quantitative estimate of drug-likeness (QED) is 0.482. The predicted molar refractivity (Wildman–Crippen MR) is 94.5 cm³/mol. The summed E-state index contributed by atoms with van der Waals surface area (Å²) in [5.41, 5.74) is 1.69. The molecule has 122 valence electrons. The Balaban J connectivity index is 1.97. The molecular formula is C18H13Cl2NO3. The van der Waals surface area contributed by atoms with Crippen LogP contribution in [0.25, 0.3) is 10.9 Å². The van der Waals surface area contributed by atoms with E-state index in [-0.39, 0.29) is 15.6 Å². The maximum absolute atomic E-state index is 12.4. The molecule has 0 aliphatic carbocycles. The molecule has 0 saturated carbocycles. The van der Waals surface area contributed by atoms with Crippen LogP contribution in [-0.4, -0.2) is 18.1 Å². The fourth-order valence-electron chi connectivity index (χ4n) is 2.33. The zero-order valence-electron chi connectivity index (χ0n) is 13.0. The lowest BCUT2D eigenvalue weighted by Gasteiger charge is -2.10. The van der Waals surface area contributed by atoms with Gasteiger partial charge < -0.3 is 9.47 Å². The van der Waals surface area contributed by atoms with Gasteiger partial charge in [0.15, 0.2) is 11.5 Å². The van der Waals surface area contributed by atoms with Crippen molar-refractivity contribution in [1.82, 2.24) is 4.98 Å². The van der Waals surface area contributed by atoms with Crippen LogP contribution in [0.3, 0.4) is 0 Å². The van der Waals surface area contributed by atoms with Crippen molar-refractivity contribution in [3.63, 3.8) is 0 Å². The summed E-state index contributed by atoms with van der Waals surface area (Å²) in [6.45, 7) is 1.88. The lowest BCUT2D eigenvalue weighted by Crippen LogP contribution is -2.09. The number of para-hydroxylation sites is 1. The van der Waals surface area contributed by atoms with E-state index >= 15 is 0 Å². The molecule has 6 heteroatoms. The molecule has 0 atom stereocenters. The summed E-state index contributed by atoms with van der Waals surface area (Å²) in [7, 11) is 1.45. The van der Waals surface area contributed by atoms with Crippen LogP contribution in [0.1, 0.15) is 16.1 Å². The Labute approximate surface area is 148 Å². The molecule has 3 rings (SSSR count). The van der Waals surface area contributed by atoms with Gasteiger partial charge in [0, 0.05) is 11.1 Å². The number of aromatic nitrogens is 1. The number of ether oxygens (including phenoxy) is 2. The molecular weight excluding hydrogens is 349 g/mol. The first-order chi connectivity index (χ1) is 11.5. The van der Waals surface area contributed by atoms with Gasteiger partial charge in [-0.05, 0) is 31.2 Å². The number of hydrogen-bond donors (Lipinski definition) is 0. The number of halogens is 2. The number of esters is 1. The van der Waals surface area contributed by atoms with E-state index in [4.69, 9.17) is 32.7 Å². The fraction of sp³-hybridized carbons (Fsp3) is 0.111. The van der Waals surface area contributed by atoms with E-state index in [0.29, 0.717) is 17.0 Å². The summed E-state index contributed by atoms with van der Waals surface area (Å²) in [5, 5.41) is 1.37. The third-order valence-corrected chi connectivity index (χ3v) is 4.02. The number of fused-ring (bicyclic) bond motifs is 1. The number of benzene rings is 2. The second-order valence-corrected chi connectivity index (χ2v) is 5.96. The standard InChI is InChI=1S/C18H13Cl2NO3/c1-10-6-7-11-4-3-5-15(16(11)21-10)24-18(22)12-8-13(19)17(23-2)14(20)9-12/h3-9H,1-2H3. The van der Waals surface area contributed by atoms with E-state index in [1.165, 1.54) is 19.2 Å². The number of carbonyl (C=O) groups excluding carboxylic acids is 1. The molecule has 1 heterocycles. The van der Waals surface area contributed by atoms with Crippen molar-refractivity contribution in [2.75, 3.05) is 7.11 Å². The molecule has 0 amide bonds. The Hall–Kier alpha value is -2.30. The second-order valence-electron chi connectivity index (χ2n) is 5.14. The Bertz CT molecular complexity index is 918. The van der Waals surface area contributed by atoms with Gasteiger partial charge in [0.2, 0.25) is 0 Å². The molecule has 24 heavy (non-hydrogen) atoms. The van der Waals surface area contributed by atoms with Gasteiger partial charge in [0.05, 0.1) is 22.7 Å². The van der Waals surface area contributed by atoms with Gasteiger partial charge in [-0.15, -0.1) is 0 Å². The minimum absolute atomic E-state index is 0.232. The molecule has 0 unspecified atom stereocenters. The average molecular weight is 362 g/mol. The fourth-order valence-corrected chi connectivity index (χ4v) is 2.97. The lowest BCUT2D eigenvalue weighted by molar-refractivity contribution is 0.0736. The van der Waals surface area contributed by atoms with Gasteiger partial charge in [0.1, 0.15) is 5.52 Å². The van der Waals surface area contributed by atoms with Crippen molar-refractivity contribution in [3.8, 4) is 11.5 Å². The first kappa shape index (κ1) is 16.6. The normalized spacial score (nSPS) is 10.7. The van der Waals surface area contributed by atoms with Gasteiger partial charge in [-0.1, -0.05) is 41.4 Å². The van der Waals surface area contributed by atoms with E-state index in [1.807, 2.05) is 25.1 Å². The van der Waals surface area contributed by atoms with Crippen molar-refractivity contribution in [1.29, 1.82) is 0 Å². The molecule has 2 aromatic carbocycles. The average Bonchev–Trinajstić information content (AvgIpc) is 2.55. The molecule has 0 aliphatic heterocycles. The van der Waals surface area contributed by atoms with E-state index in [9.17, 15) is 4.79 Å². The summed E-state index contributed by atoms with van der Waals surface area (Å²) in [6.07, 6.45) is 0. The van der Waals surface area contributed by atoms with E-state index in [1.54, 1.807) is 12.1 Å². The van der Waals surface area contributed by atoms with Gasteiger partial charge in [0.25, 0.3) is 0 Å². The number of rotatable bonds is 3. The predicted octanol–water partition coefficient (Wildman–Crippen LogP) is 5.08. The summed E-state index contributed by atoms with van der Waals surface area (Å²) in [4.78, 5) is 16.9. The number of aryl methyl sites for hydroxylation is 1. The lowest BCUT2D eigenvalue weighted by atomic mass is 10.2. The molecule has 4 nitrogen and oxygen atoms in total. The highest BCUT2D eigenvalue weighted by atomic mass is 35.5. The Morgan fingerprint density at radius 1 is 1.08 bits per heavy atom. The molecule has 0 spiro atoms. The highest BCUT2D eigenvalue weighted by Crippen LogP contribution is 2.34. The number of carbonyl (C=O) groups is 1. The topological polar surface area (TPSA) is 48.4 Å². The third kappa shape index (κ3) is 3.16. The third-order valence-electron chi connectivity index (χ3n) is 3.46. The van der Waals surface area contributed by atoms with Crippen LogP contribution in [0, 0.1) is 6.92 Å². The molecule has 0 N–H and O–H groups in total. The van der Waals surface area contributed by atoms with Crippen LogP contribution >= 0.6 is 23.2 Å². The summed E-state index contributed by atoms with van der Waals surface area (Å²) < 4.78 is 10.6. The largest absolute Gasteiger partial charge is 0.494 e. The highest BCUT2D eigenvalue weighted by molar-refractivity contribution is 6.37. The van der Waals surface area contributed by atoms with Crippen LogP contribution < -0.4 is 9.47 Å². The summed E-state index contributed by atoms with van der Waals surface area (Å²) in [5.74, 6) is 0.124. The molecule has 0 saturated heterocycles. The number of nitrogens with zero attached hydrogens (tertiary/aromatic N) is 1. The summed E-state index contributed by atoms with van der Waals surface area (Å²) in [6, 6.07) is 12.1. The van der Waals surface area contributed by atoms with Gasteiger partial charge >= 0.3 is 5.97 Å². The minimum atomic E-state index is -0.572. The smallest absolute Gasteiger partial charge is 0.343 e. The monoisotopic (exact) mass is 361 g/mol. The van der Waals surface area contributed by atoms with Gasteiger partial charge in [-0.2, -0.15) is 0 Å². The molecule has 1 aromatic heterocycles. The maximum Gasteiger partial charge on any atom is 0.343 e. The first-order valence-corrected chi connectivity index (χ1v) is 7.87. The molecule has 0 radical (unpaired) electrons. The molecule has 0 bridgehead atoms. The first-order valence-electron chi connectivity index (χ1n) is 7.11. The van der Waals surface area contributed by atoms with E-state index in [2.05, 4.69) is 4.98 Å². The van der Waals surface area contributed by atoms with Crippen molar-refractivity contribution < 1.29 is 14.3 Å².